The van der Waals surface area contributed by atoms with Gasteiger partial charge in [-0.25, -0.2) is 0 Å². The van der Waals surface area contributed by atoms with Crippen molar-refractivity contribution in [2.24, 2.45) is 0 Å². The summed E-state index contributed by atoms with van der Waals surface area (Å²) in [6.07, 6.45) is -3.77. The maximum Gasteiger partial charge on any atom is 0.416 e. The maximum atomic E-state index is 13.5. The molecular weight excluding hydrogens is 513 g/mol. The number of rotatable bonds is 11. The van der Waals surface area contributed by atoms with E-state index in [9.17, 15) is 23.4 Å². The van der Waals surface area contributed by atoms with E-state index in [2.05, 4.69) is 0 Å². The molecule has 1 aliphatic heterocycles. The molecule has 0 aliphatic carbocycles. The number of alkyl halides is 3. The molecule has 0 atom stereocenters. The van der Waals surface area contributed by atoms with Crippen molar-refractivity contribution in [3.8, 4) is 23.0 Å². The topological polar surface area (TPSA) is 77.4 Å². The van der Waals surface area contributed by atoms with Crippen LogP contribution in [0.25, 0.3) is 5.57 Å². The molecule has 1 aliphatic rings. The van der Waals surface area contributed by atoms with Crippen molar-refractivity contribution in [2.75, 3.05) is 13.2 Å². The van der Waals surface area contributed by atoms with Crippen LogP contribution in [0.1, 0.15) is 52.5 Å². The fraction of sp³-hybridized carbons (Fsp3) is 0.481. The van der Waals surface area contributed by atoms with Crippen LogP contribution in [-0.2, 0) is 0 Å². The summed E-state index contributed by atoms with van der Waals surface area (Å²) in [5.74, 6) is 1.36. The number of halogens is 4. The second-order valence-electron chi connectivity index (χ2n) is 9.31. The van der Waals surface area contributed by atoms with Crippen molar-refractivity contribution in [1.29, 1.82) is 0 Å². The van der Waals surface area contributed by atoms with E-state index < -0.39 is 29.2 Å². The molecule has 0 saturated carbocycles. The van der Waals surface area contributed by atoms with Crippen molar-refractivity contribution in [3.63, 3.8) is 0 Å². The molecular formula is C27H32ClF3O6. The van der Waals surface area contributed by atoms with Gasteiger partial charge in [0, 0.05) is 18.1 Å². The molecule has 0 amide bonds. The van der Waals surface area contributed by atoms with Crippen molar-refractivity contribution < 1.29 is 42.3 Å². The lowest BCUT2D eigenvalue weighted by Crippen LogP contribution is -2.46. The Morgan fingerprint density at radius 3 is 2.14 bits per heavy atom. The van der Waals surface area contributed by atoms with Crippen molar-refractivity contribution in [3.05, 3.63) is 53.1 Å². The van der Waals surface area contributed by atoms with Gasteiger partial charge in [-0.1, -0.05) is 25.4 Å². The zero-order chi connectivity index (χ0) is 27.4. The normalized spacial score (nSPS) is 15.1. The molecule has 1 heterocycles. The Morgan fingerprint density at radius 1 is 0.973 bits per heavy atom. The number of aliphatic hydroxyl groups is 2. The minimum atomic E-state index is -4.54. The molecule has 0 saturated heterocycles. The standard InChI is InChI=1S/C27H32ClF3O6/c1-5-26(6-2,24(32)33)36-18-10-8-17(9-11-18)34-12-7-13-35-23-15-22-19(14-21(23)28)20(27(29,30)31)16-25(3,4)37-22/h8-11,14-16,24,32-33H,5-7,12-13H2,1-4H3. The Morgan fingerprint density at radius 2 is 1.57 bits per heavy atom. The first-order valence-corrected chi connectivity index (χ1v) is 12.4. The van der Waals surface area contributed by atoms with Gasteiger partial charge in [-0.3, -0.25) is 0 Å². The van der Waals surface area contributed by atoms with Gasteiger partial charge in [-0.05, 0) is 63.1 Å². The van der Waals surface area contributed by atoms with E-state index in [1.54, 1.807) is 38.1 Å². The Bertz CT molecular complexity index is 1090. The summed E-state index contributed by atoms with van der Waals surface area (Å²) in [5.41, 5.74) is -3.13. The molecule has 2 aromatic carbocycles. The second-order valence-corrected chi connectivity index (χ2v) is 9.72. The first-order chi connectivity index (χ1) is 17.3. The Balaban J connectivity index is 1.54. The van der Waals surface area contributed by atoms with Gasteiger partial charge in [0.2, 0.25) is 0 Å². The monoisotopic (exact) mass is 544 g/mol. The Kier molecular flexibility index (Phi) is 8.93. The first-order valence-electron chi connectivity index (χ1n) is 12.0. The lowest BCUT2D eigenvalue weighted by atomic mass is 9.94. The van der Waals surface area contributed by atoms with Gasteiger partial charge in [0.1, 0.15) is 28.6 Å². The zero-order valence-corrected chi connectivity index (χ0v) is 21.9. The smallest absolute Gasteiger partial charge is 0.416 e. The quantitative estimate of drug-likeness (QED) is 0.247. The van der Waals surface area contributed by atoms with Crippen molar-refractivity contribution in [1.82, 2.24) is 0 Å². The number of hydrogen-bond donors (Lipinski definition) is 2. The molecule has 10 heteroatoms. The molecule has 0 bridgehead atoms. The van der Waals surface area contributed by atoms with Gasteiger partial charge >= 0.3 is 6.18 Å². The largest absolute Gasteiger partial charge is 0.493 e. The van der Waals surface area contributed by atoms with Gasteiger partial charge in [-0.2, -0.15) is 13.2 Å². The van der Waals surface area contributed by atoms with Gasteiger partial charge in [0.15, 0.2) is 11.9 Å². The summed E-state index contributed by atoms with van der Waals surface area (Å²) in [5, 5.41) is 19.5. The summed E-state index contributed by atoms with van der Waals surface area (Å²) >= 11 is 6.21. The average Bonchev–Trinajstić information content (AvgIpc) is 2.82. The Hall–Kier alpha value is -2.62. The molecule has 0 spiro atoms. The van der Waals surface area contributed by atoms with Gasteiger partial charge in [0.05, 0.1) is 23.8 Å². The average molecular weight is 545 g/mol. The van der Waals surface area contributed by atoms with Crippen LogP contribution in [0.2, 0.25) is 5.02 Å². The van der Waals surface area contributed by atoms with Gasteiger partial charge in [-0.15, -0.1) is 0 Å². The molecule has 2 N–H and O–H groups in total. The molecule has 3 rings (SSSR count). The summed E-state index contributed by atoms with van der Waals surface area (Å²) in [6, 6.07) is 9.39. The third kappa shape index (κ3) is 7.03. The van der Waals surface area contributed by atoms with E-state index >= 15 is 0 Å². The minimum absolute atomic E-state index is 0.0527. The zero-order valence-electron chi connectivity index (χ0n) is 21.2. The number of benzene rings is 2. The number of aliphatic hydroxyl groups excluding tert-OH is 1. The fourth-order valence-electron chi connectivity index (χ4n) is 3.99. The lowest BCUT2D eigenvalue weighted by Gasteiger charge is -2.34. The van der Waals surface area contributed by atoms with Crippen molar-refractivity contribution >= 4 is 17.2 Å². The van der Waals surface area contributed by atoms with E-state index in [4.69, 9.17) is 30.5 Å². The molecule has 0 radical (unpaired) electrons. The van der Waals surface area contributed by atoms with Crippen LogP contribution in [0.3, 0.4) is 0 Å². The highest BCUT2D eigenvalue weighted by Gasteiger charge is 2.42. The molecule has 204 valence electrons. The highest BCUT2D eigenvalue weighted by molar-refractivity contribution is 6.32. The van der Waals surface area contributed by atoms with Crippen molar-refractivity contribution in [2.45, 2.75) is 70.6 Å². The van der Waals surface area contributed by atoms with E-state index in [1.165, 1.54) is 12.1 Å². The molecule has 0 fully saturated rings. The number of fused-ring (bicyclic) bond motifs is 1. The van der Waals surface area contributed by atoms with Crippen LogP contribution in [0.15, 0.2) is 42.5 Å². The lowest BCUT2D eigenvalue weighted by molar-refractivity contribution is -0.173. The van der Waals surface area contributed by atoms with Crippen LogP contribution in [0.5, 0.6) is 23.0 Å². The third-order valence-corrected chi connectivity index (χ3v) is 6.42. The van der Waals surface area contributed by atoms with Crippen LogP contribution in [0.4, 0.5) is 13.2 Å². The number of ether oxygens (including phenoxy) is 4. The summed E-state index contributed by atoms with van der Waals surface area (Å²) in [6.45, 7) is 7.28. The van der Waals surface area contributed by atoms with Crippen LogP contribution < -0.4 is 18.9 Å². The Labute approximate surface area is 219 Å². The highest BCUT2D eigenvalue weighted by atomic mass is 35.5. The highest BCUT2D eigenvalue weighted by Crippen LogP contribution is 2.47. The van der Waals surface area contributed by atoms with E-state index in [1.807, 2.05) is 13.8 Å². The van der Waals surface area contributed by atoms with E-state index in [0.717, 1.165) is 6.08 Å². The summed E-state index contributed by atoms with van der Waals surface area (Å²) in [7, 11) is 0. The molecule has 6 nitrogen and oxygen atoms in total. The minimum Gasteiger partial charge on any atom is -0.493 e. The predicted molar refractivity (Wildman–Crippen MR) is 134 cm³/mol. The second kappa shape index (κ2) is 11.4. The number of hydrogen-bond acceptors (Lipinski definition) is 6. The molecule has 0 aromatic heterocycles. The fourth-order valence-corrected chi connectivity index (χ4v) is 4.21. The van der Waals surface area contributed by atoms with E-state index in [-0.39, 0.29) is 28.7 Å². The van der Waals surface area contributed by atoms with Crippen LogP contribution >= 0.6 is 11.6 Å². The van der Waals surface area contributed by atoms with Crippen LogP contribution in [-0.4, -0.2) is 47.1 Å². The van der Waals surface area contributed by atoms with Crippen LogP contribution in [0, 0.1) is 0 Å². The molecule has 2 aromatic rings. The molecule has 37 heavy (non-hydrogen) atoms. The third-order valence-electron chi connectivity index (χ3n) is 6.12. The van der Waals surface area contributed by atoms with Gasteiger partial charge in [0.25, 0.3) is 0 Å². The van der Waals surface area contributed by atoms with Gasteiger partial charge < -0.3 is 29.2 Å². The number of allylic oxidation sites excluding steroid dienone is 1. The summed E-state index contributed by atoms with van der Waals surface area (Å²) < 4.78 is 63.6. The SMILES string of the molecule is CCC(CC)(Oc1ccc(OCCCOc2cc3c(cc2Cl)C(C(F)(F)F)=CC(C)(C)O3)cc1)C(O)O. The van der Waals surface area contributed by atoms with E-state index in [0.29, 0.717) is 37.4 Å². The predicted octanol–water partition coefficient (Wildman–Crippen LogP) is 6.55. The first kappa shape index (κ1) is 28.9. The molecule has 0 unspecified atom stereocenters. The maximum absolute atomic E-state index is 13.5. The summed E-state index contributed by atoms with van der Waals surface area (Å²) in [4.78, 5) is 0.